The number of anilines is 2. The van der Waals surface area contributed by atoms with Gasteiger partial charge in [-0.1, -0.05) is 0 Å². The van der Waals surface area contributed by atoms with Crippen LogP contribution in [0.5, 0.6) is 57.5 Å². The van der Waals surface area contributed by atoms with E-state index in [9.17, 15) is 19.7 Å². The minimum atomic E-state index is -4.83. The summed E-state index contributed by atoms with van der Waals surface area (Å²) in [5, 5.41) is 20.1. The van der Waals surface area contributed by atoms with Gasteiger partial charge >= 0.3 is 7.82 Å². The van der Waals surface area contributed by atoms with Gasteiger partial charge in [-0.15, -0.1) is 0 Å². The fourth-order valence-corrected chi connectivity index (χ4v) is 6.91. The van der Waals surface area contributed by atoms with Gasteiger partial charge in [0.05, 0.1) is 39.5 Å². The number of hydrogen-bond donors (Lipinski definition) is 4. The maximum atomic E-state index is 12.1. The molecule has 6 aromatic rings. The zero-order valence-corrected chi connectivity index (χ0v) is 34.4. The van der Waals surface area contributed by atoms with Crippen molar-refractivity contribution in [2.75, 3.05) is 53.2 Å². The predicted molar refractivity (Wildman–Crippen MR) is 216 cm³/mol. The molecule has 2 aromatic heterocycles. The normalized spacial score (nSPS) is 11.2. The molecule has 0 bridgehead atoms. The molecule has 0 unspecified atom stereocenters. The van der Waals surface area contributed by atoms with Crippen LogP contribution in [0.15, 0.2) is 60.7 Å². The molecule has 304 valence electrons. The molecule has 6 rings (SSSR count). The summed E-state index contributed by atoms with van der Waals surface area (Å²) in [5.41, 5.74) is 14.3. The lowest BCUT2D eigenvalue weighted by Crippen LogP contribution is -1.98. The molecule has 18 nitrogen and oxygen atoms in total. The molecule has 0 saturated carbocycles. The highest BCUT2D eigenvalue weighted by atomic mass is 31.2. The first-order valence-corrected chi connectivity index (χ1v) is 20.8. The van der Waals surface area contributed by atoms with E-state index in [4.69, 9.17) is 54.2 Å². The molecule has 4 aromatic carbocycles. The molecule has 0 spiro atoms. The molecular formula is C38H40N6O12P2. The Morgan fingerprint density at radius 2 is 0.931 bits per heavy atom. The number of aryl methyl sites for hydroxylation is 2. The summed E-state index contributed by atoms with van der Waals surface area (Å²) in [6, 6.07) is 20.7. The van der Waals surface area contributed by atoms with E-state index in [2.05, 4.69) is 16.7 Å². The zero-order valence-electron chi connectivity index (χ0n) is 32.6. The Morgan fingerprint density at radius 3 is 1.22 bits per heavy atom. The van der Waals surface area contributed by atoms with Crippen molar-refractivity contribution in [3.05, 3.63) is 71.8 Å². The SMILES string of the molecule is COc1cc(Oc2ccc3c(c2)c(C#N)c(N)n3C)cc(OC)c1OP(=O)(O)O.COc1cc(Oc2ccc3c(c2)c(C#N)c(N)n3C)cc(OC)c1OP(C)(C)=O. The van der Waals surface area contributed by atoms with Crippen LogP contribution >= 0.6 is 15.2 Å². The molecule has 0 amide bonds. The third kappa shape index (κ3) is 8.97. The van der Waals surface area contributed by atoms with Gasteiger partial charge in [0.15, 0.2) is 23.0 Å². The monoisotopic (exact) mass is 834 g/mol. The number of nitrogens with two attached hydrogens (primary N) is 2. The Balaban J connectivity index is 0.000000221. The number of hydrogen-bond acceptors (Lipinski definition) is 14. The molecule has 0 aliphatic heterocycles. The summed E-state index contributed by atoms with van der Waals surface area (Å²) >= 11 is 0. The first kappa shape index (κ1) is 42.5. The van der Waals surface area contributed by atoms with Crippen LogP contribution < -0.4 is 48.9 Å². The molecule has 0 aliphatic carbocycles. The van der Waals surface area contributed by atoms with Gasteiger partial charge in [-0.05, 0) is 36.4 Å². The summed E-state index contributed by atoms with van der Waals surface area (Å²) in [5.74, 6) is 3.00. The predicted octanol–water partition coefficient (Wildman–Crippen LogP) is 7.27. The van der Waals surface area contributed by atoms with Crippen LogP contribution in [0, 0.1) is 22.7 Å². The standard InChI is InChI=1S/C20H22N3O5P.C18H18N3O7P/c1-23-16-7-6-12(8-14(16)15(11-21)20(23)22)27-13-9-17(25-2)19(18(10-13)26-3)28-29(4,5)24;1-21-14-5-4-10(6-12(14)13(9-19)18(21)20)27-11-7-15(25-2)17(16(8-11)26-3)28-29(22,23)24/h6-10H,22H2,1-5H3;4-8H,20H2,1-3H3,(H2,22,23,24). The van der Waals surface area contributed by atoms with Crippen molar-refractivity contribution in [1.82, 2.24) is 9.13 Å². The van der Waals surface area contributed by atoms with E-state index in [-0.39, 0.29) is 28.7 Å². The third-order valence-electron chi connectivity index (χ3n) is 8.52. The van der Waals surface area contributed by atoms with E-state index >= 15 is 0 Å². The number of ether oxygens (including phenoxy) is 6. The van der Waals surface area contributed by atoms with E-state index in [1.54, 1.807) is 65.7 Å². The summed E-state index contributed by atoms with van der Waals surface area (Å²) in [4.78, 5) is 18.2. The lowest BCUT2D eigenvalue weighted by atomic mass is 10.1. The van der Waals surface area contributed by atoms with Crippen molar-refractivity contribution >= 4 is 48.6 Å². The average molecular weight is 835 g/mol. The Hall–Kier alpha value is -6.68. The van der Waals surface area contributed by atoms with Gasteiger partial charge < -0.3 is 58.1 Å². The number of fused-ring (bicyclic) bond motifs is 2. The van der Waals surface area contributed by atoms with Crippen LogP contribution in [0.25, 0.3) is 21.8 Å². The Bertz CT molecular complexity index is 2490. The van der Waals surface area contributed by atoms with Crippen LogP contribution in [0.3, 0.4) is 0 Å². The highest BCUT2D eigenvalue weighted by Gasteiger charge is 2.25. The van der Waals surface area contributed by atoms with Crippen LogP contribution in [-0.2, 0) is 23.2 Å². The number of benzene rings is 4. The number of nitrogen functional groups attached to an aromatic ring is 2. The smallest absolute Gasteiger partial charge is 0.493 e. The van der Waals surface area contributed by atoms with E-state index in [0.29, 0.717) is 62.3 Å². The van der Waals surface area contributed by atoms with E-state index in [1.807, 2.05) is 6.07 Å². The molecule has 0 aliphatic rings. The number of aromatic nitrogens is 2. The van der Waals surface area contributed by atoms with Crippen molar-refractivity contribution in [3.63, 3.8) is 0 Å². The number of nitrogens with zero attached hydrogens (tertiary/aromatic N) is 4. The maximum absolute atomic E-state index is 12.1. The lowest BCUT2D eigenvalue weighted by molar-refractivity contribution is 0.268. The number of methoxy groups -OCH3 is 4. The summed E-state index contributed by atoms with van der Waals surface area (Å²) in [6.07, 6.45) is 0. The van der Waals surface area contributed by atoms with E-state index in [0.717, 1.165) is 11.0 Å². The third-order valence-corrected chi connectivity index (χ3v) is 9.56. The van der Waals surface area contributed by atoms with E-state index in [1.165, 1.54) is 53.9 Å². The van der Waals surface area contributed by atoms with Crippen LogP contribution in [0.1, 0.15) is 11.1 Å². The average Bonchev–Trinajstić information content (AvgIpc) is 3.56. The van der Waals surface area contributed by atoms with E-state index < -0.39 is 15.2 Å². The Kier molecular flexibility index (Phi) is 12.3. The van der Waals surface area contributed by atoms with Gasteiger partial charge in [-0.2, -0.15) is 10.5 Å². The molecule has 0 atom stereocenters. The lowest BCUT2D eigenvalue weighted by Gasteiger charge is -2.18. The zero-order chi connectivity index (χ0) is 42.7. The largest absolute Gasteiger partial charge is 0.525 e. The first-order valence-electron chi connectivity index (χ1n) is 16.8. The molecule has 20 heteroatoms. The number of rotatable bonds is 12. The molecular weight excluding hydrogens is 794 g/mol. The van der Waals surface area contributed by atoms with Crippen molar-refractivity contribution in [1.29, 1.82) is 10.5 Å². The van der Waals surface area contributed by atoms with Gasteiger partial charge in [0, 0.05) is 62.5 Å². The van der Waals surface area contributed by atoms with Crippen molar-refractivity contribution in [2.45, 2.75) is 0 Å². The van der Waals surface area contributed by atoms with Crippen molar-refractivity contribution in [3.8, 4) is 69.6 Å². The first-order chi connectivity index (χ1) is 27.4. The minimum absolute atomic E-state index is 0.00502. The van der Waals surface area contributed by atoms with Gasteiger partial charge in [0.1, 0.15) is 57.9 Å². The quantitative estimate of drug-likeness (QED) is 0.0884. The fourth-order valence-electron chi connectivity index (χ4n) is 5.87. The van der Waals surface area contributed by atoms with Gasteiger partial charge in [0.25, 0.3) is 0 Å². The maximum Gasteiger partial charge on any atom is 0.525 e. The molecule has 0 radical (unpaired) electrons. The second kappa shape index (κ2) is 16.8. The topological polar surface area (TPSA) is 258 Å². The Morgan fingerprint density at radius 1 is 0.586 bits per heavy atom. The molecule has 6 N–H and O–H groups in total. The second-order valence-corrected chi connectivity index (χ2v) is 16.5. The Labute approximate surface area is 332 Å². The minimum Gasteiger partial charge on any atom is -0.493 e. The van der Waals surface area contributed by atoms with Crippen LogP contribution in [0.2, 0.25) is 0 Å². The van der Waals surface area contributed by atoms with Crippen LogP contribution in [0.4, 0.5) is 11.6 Å². The van der Waals surface area contributed by atoms with Crippen molar-refractivity contribution in [2.24, 2.45) is 14.1 Å². The fraction of sp³-hybridized carbons (Fsp3) is 0.211. The van der Waals surface area contributed by atoms with Crippen molar-refractivity contribution < 1.29 is 56.4 Å². The van der Waals surface area contributed by atoms with Gasteiger partial charge in [-0.25, -0.2) is 4.57 Å². The summed E-state index contributed by atoms with van der Waals surface area (Å²) < 4.78 is 69.8. The van der Waals surface area contributed by atoms with Gasteiger partial charge in [0.2, 0.25) is 18.9 Å². The summed E-state index contributed by atoms with van der Waals surface area (Å²) in [6.45, 7) is 3.01. The highest BCUT2D eigenvalue weighted by molar-refractivity contribution is 7.57. The van der Waals surface area contributed by atoms with Crippen LogP contribution in [-0.4, -0.2) is 60.7 Å². The second-order valence-electron chi connectivity index (χ2n) is 12.7. The summed E-state index contributed by atoms with van der Waals surface area (Å²) in [7, 11) is 1.45. The number of phosphoric acid groups is 1. The van der Waals surface area contributed by atoms with Gasteiger partial charge in [-0.3, -0.25) is 14.4 Å². The molecule has 0 saturated heterocycles. The molecule has 2 heterocycles. The molecule has 58 heavy (non-hydrogen) atoms. The number of nitriles is 2. The highest BCUT2D eigenvalue weighted by Crippen LogP contribution is 2.51. The number of phosphoric ester groups is 1. The molecule has 0 fully saturated rings.